The Bertz CT molecular complexity index is 560. The number of nitrogens with two attached hydrogens (primary N) is 1. The topological polar surface area (TPSA) is 43.8 Å². The number of hydrogen-bond donors (Lipinski definition) is 1. The number of benzene rings is 1. The maximum atomic E-state index is 12.9. The molecule has 19 heavy (non-hydrogen) atoms. The van der Waals surface area contributed by atoms with Crippen LogP contribution in [0.3, 0.4) is 0 Å². The van der Waals surface area contributed by atoms with E-state index < -0.39 is 11.7 Å². The molecule has 2 aromatic rings. The van der Waals surface area contributed by atoms with E-state index in [1.807, 2.05) is 6.92 Å². The Morgan fingerprint density at radius 1 is 1.32 bits per heavy atom. The summed E-state index contributed by atoms with van der Waals surface area (Å²) in [7, 11) is 0. The Hall–Kier alpha value is -1.82. The summed E-state index contributed by atoms with van der Waals surface area (Å²) >= 11 is 0. The molecule has 1 atom stereocenters. The molecule has 1 unspecified atom stereocenters. The smallest absolute Gasteiger partial charge is 0.330 e. The first-order chi connectivity index (χ1) is 8.93. The summed E-state index contributed by atoms with van der Waals surface area (Å²) in [5, 5.41) is 3.99. The van der Waals surface area contributed by atoms with Gasteiger partial charge in [0.2, 0.25) is 0 Å². The van der Waals surface area contributed by atoms with Crippen LogP contribution in [0.2, 0.25) is 0 Å². The lowest BCUT2D eigenvalue weighted by molar-refractivity contribution is -0.137. The maximum absolute atomic E-state index is 12.9. The highest BCUT2D eigenvalue weighted by molar-refractivity contribution is 5.42. The summed E-state index contributed by atoms with van der Waals surface area (Å²) in [6.45, 7) is 2.32. The first kappa shape index (κ1) is 13.6. The van der Waals surface area contributed by atoms with Gasteiger partial charge in [0.15, 0.2) is 0 Å². The number of halogens is 3. The van der Waals surface area contributed by atoms with Crippen molar-refractivity contribution in [3.8, 4) is 5.69 Å². The van der Waals surface area contributed by atoms with Crippen molar-refractivity contribution in [2.24, 2.45) is 5.73 Å². The van der Waals surface area contributed by atoms with Crippen LogP contribution >= 0.6 is 0 Å². The minimum absolute atomic E-state index is 0.0190. The number of nitrogens with zero attached hydrogens (tertiary/aromatic N) is 2. The van der Waals surface area contributed by atoms with Crippen molar-refractivity contribution in [1.82, 2.24) is 9.78 Å². The number of alkyl halides is 3. The van der Waals surface area contributed by atoms with E-state index >= 15 is 0 Å². The van der Waals surface area contributed by atoms with Gasteiger partial charge in [-0.3, -0.25) is 0 Å². The van der Waals surface area contributed by atoms with Gasteiger partial charge < -0.3 is 5.73 Å². The van der Waals surface area contributed by atoms with E-state index in [0.29, 0.717) is 6.54 Å². The van der Waals surface area contributed by atoms with Gasteiger partial charge in [0.05, 0.1) is 17.4 Å². The lowest BCUT2D eigenvalue weighted by atomic mass is 10.1. The molecule has 1 aromatic carbocycles. The third kappa shape index (κ3) is 2.78. The molecular weight excluding hydrogens is 255 g/mol. The van der Waals surface area contributed by atoms with Crippen LogP contribution in [0.5, 0.6) is 0 Å². The first-order valence-electron chi connectivity index (χ1n) is 5.84. The fourth-order valence-electron chi connectivity index (χ4n) is 1.77. The van der Waals surface area contributed by atoms with Crippen LogP contribution < -0.4 is 5.73 Å². The average Bonchev–Trinajstić information content (AvgIpc) is 2.86. The van der Waals surface area contributed by atoms with Crippen molar-refractivity contribution in [3.63, 3.8) is 0 Å². The highest BCUT2D eigenvalue weighted by Crippen LogP contribution is 2.33. The van der Waals surface area contributed by atoms with Gasteiger partial charge in [-0.15, -0.1) is 0 Å². The number of rotatable bonds is 3. The van der Waals surface area contributed by atoms with Gasteiger partial charge in [0.1, 0.15) is 0 Å². The second kappa shape index (κ2) is 5.05. The highest BCUT2D eigenvalue weighted by Gasteiger charge is 2.33. The average molecular weight is 269 g/mol. The van der Waals surface area contributed by atoms with E-state index in [1.54, 1.807) is 18.5 Å². The number of hydrogen-bond acceptors (Lipinski definition) is 2. The quantitative estimate of drug-likeness (QED) is 0.931. The predicted octanol–water partition coefficient (Wildman–Crippen LogP) is 2.95. The molecule has 0 aliphatic carbocycles. The standard InChI is InChI=1S/C13H14F3N3/c1-9(6-17)10-7-18-19(8-10)12-5-3-2-4-11(12)13(14,15)16/h2-5,7-9H,6,17H2,1H3. The normalized spacial score (nSPS) is 13.5. The molecule has 0 spiro atoms. The van der Waals surface area contributed by atoms with Gasteiger partial charge in [-0.2, -0.15) is 18.3 Å². The monoisotopic (exact) mass is 269 g/mol. The molecule has 102 valence electrons. The maximum Gasteiger partial charge on any atom is 0.418 e. The molecule has 0 fully saturated rings. The Morgan fingerprint density at radius 2 is 2.00 bits per heavy atom. The fraction of sp³-hybridized carbons (Fsp3) is 0.308. The van der Waals surface area contributed by atoms with Crippen LogP contribution in [0.1, 0.15) is 24.0 Å². The summed E-state index contributed by atoms with van der Waals surface area (Å²) in [4.78, 5) is 0. The van der Waals surface area contributed by atoms with Crippen molar-refractivity contribution >= 4 is 0 Å². The molecule has 0 amide bonds. The highest BCUT2D eigenvalue weighted by atomic mass is 19.4. The Kier molecular flexibility index (Phi) is 3.61. The zero-order chi connectivity index (χ0) is 14.0. The van der Waals surface area contributed by atoms with Gasteiger partial charge >= 0.3 is 6.18 Å². The van der Waals surface area contributed by atoms with Crippen molar-refractivity contribution < 1.29 is 13.2 Å². The number of aromatic nitrogens is 2. The second-order valence-corrected chi connectivity index (χ2v) is 4.37. The first-order valence-corrected chi connectivity index (χ1v) is 5.84. The molecule has 2 rings (SSSR count). The molecule has 0 aliphatic rings. The largest absolute Gasteiger partial charge is 0.418 e. The van der Waals surface area contributed by atoms with Gasteiger partial charge in [-0.25, -0.2) is 4.68 Å². The zero-order valence-corrected chi connectivity index (χ0v) is 10.4. The Labute approximate surface area is 108 Å². The van der Waals surface area contributed by atoms with Crippen molar-refractivity contribution in [3.05, 3.63) is 47.8 Å². The van der Waals surface area contributed by atoms with Crippen LogP contribution in [-0.2, 0) is 6.18 Å². The van der Waals surface area contributed by atoms with Crippen LogP contribution in [0, 0.1) is 0 Å². The van der Waals surface area contributed by atoms with E-state index in [1.165, 1.54) is 16.8 Å². The van der Waals surface area contributed by atoms with Gasteiger partial charge in [0, 0.05) is 6.20 Å². The SMILES string of the molecule is CC(CN)c1cnn(-c2ccccc2C(F)(F)F)c1. The third-order valence-corrected chi connectivity index (χ3v) is 2.98. The third-order valence-electron chi connectivity index (χ3n) is 2.98. The van der Waals surface area contributed by atoms with Crippen molar-refractivity contribution in [2.75, 3.05) is 6.54 Å². The lowest BCUT2D eigenvalue weighted by Crippen LogP contribution is -2.11. The molecule has 0 radical (unpaired) electrons. The van der Waals surface area contributed by atoms with E-state index in [9.17, 15) is 13.2 Å². The molecular formula is C13H14F3N3. The van der Waals surface area contributed by atoms with E-state index in [4.69, 9.17) is 5.73 Å². The molecule has 0 bridgehead atoms. The zero-order valence-electron chi connectivity index (χ0n) is 10.4. The Morgan fingerprint density at radius 3 is 2.63 bits per heavy atom. The van der Waals surface area contributed by atoms with Gasteiger partial charge in [-0.05, 0) is 30.2 Å². The fourth-order valence-corrected chi connectivity index (χ4v) is 1.77. The van der Waals surface area contributed by atoms with Crippen LogP contribution in [-0.4, -0.2) is 16.3 Å². The van der Waals surface area contributed by atoms with Crippen molar-refractivity contribution in [2.45, 2.75) is 19.0 Å². The molecule has 6 heteroatoms. The van der Waals surface area contributed by atoms with Crippen LogP contribution in [0.15, 0.2) is 36.7 Å². The van der Waals surface area contributed by atoms with E-state index in [2.05, 4.69) is 5.10 Å². The molecule has 0 saturated carbocycles. The molecule has 0 aliphatic heterocycles. The van der Waals surface area contributed by atoms with Crippen molar-refractivity contribution in [1.29, 1.82) is 0 Å². The van der Waals surface area contributed by atoms with Gasteiger partial charge in [0.25, 0.3) is 0 Å². The predicted molar refractivity (Wildman–Crippen MR) is 66.0 cm³/mol. The van der Waals surface area contributed by atoms with Crippen LogP contribution in [0.4, 0.5) is 13.2 Å². The summed E-state index contributed by atoms with van der Waals surface area (Å²) in [6.07, 6.45) is -1.27. The molecule has 1 heterocycles. The summed E-state index contributed by atoms with van der Waals surface area (Å²) in [6, 6.07) is 5.35. The van der Waals surface area contributed by atoms with E-state index in [-0.39, 0.29) is 11.6 Å². The molecule has 1 aromatic heterocycles. The molecule has 2 N–H and O–H groups in total. The summed E-state index contributed by atoms with van der Waals surface area (Å²) in [5.41, 5.74) is 5.67. The molecule has 0 saturated heterocycles. The minimum Gasteiger partial charge on any atom is -0.330 e. The second-order valence-electron chi connectivity index (χ2n) is 4.37. The van der Waals surface area contributed by atoms with E-state index in [0.717, 1.165) is 11.6 Å². The minimum atomic E-state index is -4.40. The molecule has 3 nitrogen and oxygen atoms in total. The number of para-hydroxylation sites is 1. The Balaban J connectivity index is 2.45. The summed E-state index contributed by atoms with van der Waals surface area (Å²) in [5.74, 6) is 0.0619. The van der Waals surface area contributed by atoms with Crippen LogP contribution in [0.25, 0.3) is 5.69 Å². The van der Waals surface area contributed by atoms with Gasteiger partial charge in [-0.1, -0.05) is 19.1 Å². The summed E-state index contributed by atoms with van der Waals surface area (Å²) < 4.78 is 40.0. The lowest BCUT2D eigenvalue weighted by Gasteiger charge is -2.12.